The van der Waals surface area contributed by atoms with Gasteiger partial charge in [-0.15, -0.1) is 0 Å². The molecule has 1 aliphatic heterocycles. The molecule has 1 aromatic carbocycles. The first-order chi connectivity index (χ1) is 16.3. The van der Waals surface area contributed by atoms with Gasteiger partial charge >= 0.3 is 0 Å². The zero-order valence-corrected chi connectivity index (χ0v) is 21.0. The highest BCUT2D eigenvalue weighted by Crippen LogP contribution is 2.30. The largest absolute Gasteiger partial charge is 0.368 e. The minimum absolute atomic E-state index is 0.231. The van der Waals surface area contributed by atoms with Crippen LogP contribution < -0.4 is 15.5 Å². The summed E-state index contributed by atoms with van der Waals surface area (Å²) in [5, 5.41) is 12.1. The molecule has 1 fully saturated rings. The molecule has 0 saturated carbocycles. The Morgan fingerprint density at radius 1 is 1.06 bits per heavy atom. The number of carbonyl (C=O) groups is 1. The van der Waals surface area contributed by atoms with Gasteiger partial charge in [0.2, 0.25) is 0 Å². The predicted molar refractivity (Wildman–Crippen MR) is 137 cm³/mol. The maximum absolute atomic E-state index is 13.2. The number of imidazole rings is 1. The number of aromatic nitrogens is 5. The summed E-state index contributed by atoms with van der Waals surface area (Å²) in [5.41, 5.74) is 4.78. The van der Waals surface area contributed by atoms with Crippen LogP contribution in [0.1, 0.15) is 49.4 Å². The van der Waals surface area contributed by atoms with E-state index in [4.69, 9.17) is 0 Å². The lowest BCUT2D eigenvalue weighted by molar-refractivity contribution is 0.102. The average Bonchev–Trinajstić information content (AvgIpc) is 3.35. The van der Waals surface area contributed by atoms with Crippen LogP contribution in [0.4, 0.5) is 11.5 Å². The Balaban J connectivity index is 0.00000133. The van der Waals surface area contributed by atoms with Crippen molar-refractivity contribution in [1.82, 2.24) is 29.5 Å². The molecule has 1 aliphatic rings. The lowest BCUT2D eigenvalue weighted by Gasteiger charge is -2.38. The van der Waals surface area contributed by atoms with Gasteiger partial charge in [0.1, 0.15) is 11.3 Å². The minimum atomic E-state index is -0.231. The van der Waals surface area contributed by atoms with E-state index in [0.29, 0.717) is 29.0 Å². The van der Waals surface area contributed by atoms with Crippen LogP contribution in [0.5, 0.6) is 0 Å². The molecule has 0 bridgehead atoms. The summed E-state index contributed by atoms with van der Waals surface area (Å²) in [6.07, 6.45) is 5.69. The maximum Gasteiger partial charge on any atom is 0.259 e. The van der Waals surface area contributed by atoms with Crippen molar-refractivity contribution in [2.45, 2.75) is 53.6 Å². The van der Waals surface area contributed by atoms with Gasteiger partial charge in [-0.1, -0.05) is 13.8 Å². The lowest BCUT2D eigenvalue weighted by atomic mass is 10.1. The van der Waals surface area contributed by atoms with Gasteiger partial charge in [-0.25, -0.2) is 9.97 Å². The Labute approximate surface area is 200 Å². The maximum atomic E-state index is 13.2. The molecule has 9 heteroatoms. The third-order valence-corrected chi connectivity index (χ3v) is 5.88. The van der Waals surface area contributed by atoms with Crippen molar-refractivity contribution in [1.29, 1.82) is 0 Å². The van der Waals surface area contributed by atoms with Crippen LogP contribution in [0.25, 0.3) is 16.6 Å². The number of rotatable bonds is 3. The molecule has 180 valence electrons. The van der Waals surface area contributed by atoms with E-state index in [1.165, 1.54) is 0 Å². The number of aryl methyl sites for hydroxylation is 3. The van der Waals surface area contributed by atoms with Crippen molar-refractivity contribution in [3.05, 3.63) is 47.7 Å². The quantitative estimate of drug-likeness (QED) is 0.482. The Morgan fingerprint density at radius 2 is 1.76 bits per heavy atom. The van der Waals surface area contributed by atoms with Crippen LogP contribution in [0.15, 0.2) is 30.7 Å². The fourth-order valence-electron chi connectivity index (χ4n) is 4.71. The normalized spacial score (nSPS) is 18.1. The average molecular weight is 463 g/mol. The Hall–Kier alpha value is -3.46. The van der Waals surface area contributed by atoms with Gasteiger partial charge < -0.3 is 19.9 Å². The van der Waals surface area contributed by atoms with Gasteiger partial charge in [0.05, 0.1) is 23.1 Å². The second-order valence-electron chi connectivity index (χ2n) is 8.85. The van der Waals surface area contributed by atoms with E-state index in [9.17, 15) is 4.79 Å². The van der Waals surface area contributed by atoms with Gasteiger partial charge in [-0.3, -0.25) is 9.48 Å². The highest BCUT2D eigenvalue weighted by Gasteiger charge is 2.25. The molecule has 5 rings (SSSR count). The van der Waals surface area contributed by atoms with Crippen LogP contribution in [-0.2, 0) is 7.05 Å². The van der Waals surface area contributed by atoms with Gasteiger partial charge in [-0.05, 0) is 39.8 Å². The van der Waals surface area contributed by atoms with Crippen molar-refractivity contribution in [2.75, 3.05) is 23.3 Å². The van der Waals surface area contributed by atoms with Gasteiger partial charge in [0, 0.05) is 55.7 Å². The van der Waals surface area contributed by atoms with Gasteiger partial charge in [0.25, 0.3) is 5.91 Å². The molecular weight excluding hydrogens is 428 g/mol. The molecule has 34 heavy (non-hydrogen) atoms. The van der Waals surface area contributed by atoms with Gasteiger partial charge in [-0.2, -0.15) is 5.10 Å². The summed E-state index contributed by atoms with van der Waals surface area (Å²) >= 11 is 0. The third kappa shape index (κ3) is 4.48. The summed E-state index contributed by atoms with van der Waals surface area (Å²) in [5.74, 6) is 0.251. The third-order valence-electron chi connectivity index (χ3n) is 5.88. The van der Waals surface area contributed by atoms with E-state index >= 15 is 0 Å². The molecule has 4 heterocycles. The van der Waals surface area contributed by atoms with Crippen molar-refractivity contribution in [3.63, 3.8) is 0 Å². The number of hydrogen-bond donors (Lipinski definition) is 2. The molecule has 2 N–H and O–H groups in total. The van der Waals surface area contributed by atoms with E-state index in [1.807, 2.05) is 63.7 Å². The van der Waals surface area contributed by atoms with E-state index in [2.05, 4.69) is 44.4 Å². The summed E-state index contributed by atoms with van der Waals surface area (Å²) in [6, 6.07) is 4.68. The number of nitrogens with one attached hydrogen (secondary N) is 2. The smallest absolute Gasteiger partial charge is 0.259 e. The molecule has 0 aliphatic carbocycles. The first-order valence-corrected chi connectivity index (χ1v) is 11.9. The highest BCUT2D eigenvalue weighted by molar-refractivity contribution is 6.13. The fourth-order valence-corrected chi connectivity index (χ4v) is 4.71. The SMILES string of the molecule is CC.Cc1cn2cc(NC(=O)c3ccc(N4CC(C)NC(C)C4)c4cn(C)nc34)nc(C)c2n1. The van der Waals surface area contributed by atoms with Crippen molar-refractivity contribution in [2.24, 2.45) is 7.05 Å². The molecule has 9 nitrogen and oxygen atoms in total. The summed E-state index contributed by atoms with van der Waals surface area (Å²) < 4.78 is 3.65. The molecule has 0 radical (unpaired) electrons. The van der Waals surface area contributed by atoms with Crippen LogP contribution in [0.2, 0.25) is 0 Å². The van der Waals surface area contributed by atoms with E-state index < -0.39 is 0 Å². The number of amides is 1. The van der Waals surface area contributed by atoms with Crippen LogP contribution in [0, 0.1) is 13.8 Å². The summed E-state index contributed by atoms with van der Waals surface area (Å²) in [6.45, 7) is 14.0. The molecule has 3 aromatic heterocycles. The molecule has 0 spiro atoms. The topological polar surface area (TPSA) is 92.4 Å². The molecule has 1 amide bonds. The molecule has 4 aromatic rings. The Bertz CT molecular complexity index is 1330. The molecule has 2 atom stereocenters. The van der Waals surface area contributed by atoms with Crippen LogP contribution in [-0.4, -0.2) is 55.2 Å². The van der Waals surface area contributed by atoms with Crippen molar-refractivity contribution < 1.29 is 4.79 Å². The van der Waals surface area contributed by atoms with Crippen molar-refractivity contribution >= 4 is 34.0 Å². The van der Waals surface area contributed by atoms with E-state index in [1.54, 1.807) is 10.9 Å². The number of carbonyl (C=O) groups excluding carboxylic acids is 1. The zero-order valence-electron chi connectivity index (χ0n) is 21.0. The van der Waals surface area contributed by atoms with Crippen LogP contribution in [0.3, 0.4) is 0 Å². The van der Waals surface area contributed by atoms with Crippen LogP contribution >= 0.6 is 0 Å². The standard InChI is InChI=1S/C23H28N8O.C2H6/c1-13-8-30(9-14(2)24-13)19-7-6-17(21-18(19)11-29(5)28-21)23(32)27-20-12-31-10-15(3)25-22(31)16(4)26-20;1-2/h6-7,10-14,24H,8-9H2,1-5H3,(H,27,32);1-2H3. The van der Waals surface area contributed by atoms with E-state index in [-0.39, 0.29) is 5.91 Å². The fraction of sp³-hybridized carbons (Fsp3) is 0.440. The Morgan fingerprint density at radius 3 is 2.47 bits per heavy atom. The second kappa shape index (κ2) is 9.42. The monoisotopic (exact) mass is 462 g/mol. The van der Waals surface area contributed by atoms with E-state index in [0.717, 1.165) is 41.2 Å². The number of nitrogens with zero attached hydrogens (tertiary/aromatic N) is 6. The summed E-state index contributed by atoms with van der Waals surface area (Å²) in [4.78, 5) is 24.6. The summed E-state index contributed by atoms with van der Waals surface area (Å²) in [7, 11) is 1.88. The molecular formula is C25H34N8O. The highest BCUT2D eigenvalue weighted by atomic mass is 16.1. The first-order valence-electron chi connectivity index (χ1n) is 11.9. The molecule has 2 unspecified atom stereocenters. The minimum Gasteiger partial charge on any atom is -0.368 e. The number of benzene rings is 1. The van der Waals surface area contributed by atoms with Crippen molar-refractivity contribution in [3.8, 4) is 0 Å². The van der Waals surface area contributed by atoms with Gasteiger partial charge in [0.15, 0.2) is 5.65 Å². The number of anilines is 2. The number of piperazine rings is 1. The second-order valence-corrected chi connectivity index (χ2v) is 8.85. The molecule has 1 saturated heterocycles. The Kier molecular flexibility index (Phi) is 6.56. The first kappa shape index (κ1) is 23.7. The number of fused-ring (bicyclic) bond motifs is 2. The zero-order chi connectivity index (χ0) is 24.6. The predicted octanol–water partition coefficient (Wildman–Crippen LogP) is 3.70. The lowest BCUT2D eigenvalue weighted by Crippen LogP contribution is -2.54. The number of hydrogen-bond acceptors (Lipinski definition) is 6.